The zero-order valence-corrected chi connectivity index (χ0v) is 31.6. The normalized spacial score (nSPS) is 34.5. The number of methoxy groups -OCH3 is 1. The fraction of sp³-hybridized carbons (Fsp3) is 0.513. The van der Waals surface area contributed by atoms with Crippen LogP contribution in [0, 0.1) is 30.6 Å². The van der Waals surface area contributed by atoms with Gasteiger partial charge in [0, 0.05) is 61.8 Å². The van der Waals surface area contributed by atoms with Crippen molar-refractivity contribution >= 4 is 29.4 Å². The lowest BCUT2D eigenvalue weighted by Gasteiger charge is -2.38. The molecule has 6 rings (SSSR count). The summed E-state index contributed by atoms with van der Waals surface area (Å²) in [6, 6.07) is 0. The molecule has 1 fully saturated rings. The van der Waals surface area contributed by atoms with Crippen LogP contribution in [0.1, 0.15) is 80.3 Å². The number of nitrogens with one attached hydrogen (secondary N) is 1. The summed E-state index contributed by atoms with van der Waals surface area (Å²) >= 11 is 0. The lowest BCUT2D eigenvalue weighted by atomic mass is 9.78. The first-order valence-corrected chi connectivity index (χ1v) is 17.6. The number of aromatic hydroxyl groups is 1. The van der Waals surface area contributed by atoms with Gasteiger partial charge < -0.3 is 49.1 Å². The number of carbonyl (C=O) groups is 5. The number of fused-ring (bicyclic) bond motifs is 13. The molecule has 0 aromatic heterocycles. The number of carbonyl (C=O) groups excluding carboxylic acids is 5. The zero-order valence-electron chi connectivity index (χ0n) is 31.6. The number of benzene rings is 1. The van der Waals surface area contributed by atoms with Gasteiger partial charge in [-0.3, -0.25) is 19.2 Å². The van der Waals surface area contributed by atoms with Crippen LogP contribution in [-0.2, 0) is 43.9 Å². The van der Waals surface area contributed by atoms with Crippen LogP contribution in [-0.4, -0.2) is 88.7 Å². The summed E-state index contributed by atoms with van der Waals surface area (Å²) in [6.07, 6.45) is 4.41. The van der Waals surface area contributed by atoms with Gasteiger partial charge in [0.1, 0.15) is 24.2 Å². The number of Topliss-reactive ketones (excluding diaryl/α,β-unsaturated/α-hetero) is 2. The van der Waals surface area contributed by atoms with E-state index in [1.54, 1.807) is 39.8 Å². The minimum absolute atomic E-state index is 0.00812. The number of ketones is 2. The van der Waals surface area contributed by atoms with Gasteiger partial charge in [0.15, 0.2) is 0 Å². The lowest BCUT2D eigenvalue weighted by molar-refractivity contribution is -0.161. The highest BCUT2D eigenvalue weighted by atomic mass is 16.8. The maximum atomic E-state index is 14.3. The summed E-state index contributed by atoms with van der Waals surface area (Å²) in [5.74, 6) is -11.4. The molecule has 0 radical (unpaired) electrons. The smallest absolute Gasteiger partial charge is 0.335 e. The SMILES string of the molecule is CO[C@H]1C=CO[C@]2(C)Oc3c(C)c(O)c4c(c3C2=O)[C@@]2(C=C(NC(=O)C(C)=CC=C[C@H](C)[C@H](O)[C@H](C)[C@@H](O)[C@H](C)[C@@H](OC(C)=O)[C@@H]1C)C4=O)OCC(=O)O2. The molecule has 1 aliphatic carbocycles. The first-order chi connectivity index (χ1) is 25.3. The maximum Gasteiger partial charge on any atom is 0.335 e. The van der Waals surface area contributed by atoms with Crippen molar-refractivity contribution in [3.8, 4) is 11.5 Å². The number of amides is 1. The Kier molecular flexibility index (Phi) is 11.3. The summed E-state index contributed by atoms with van der Waals surface area (Å²) in [5, 5.41) is 36.6. The Hall–Kier alpha value is -4.83. The van der Waals surface area contributed by atoms with E-state index in [4.69, 9.17) is 28.4 Å². The van der Waals surface area contributed by atoms with Gasteiger partial charge in [-0.25, -0.2) is 4.79 Å². The van der Waals surface area contributed by atoms with Gasteiger partial charge in [-0.05, 0) is 19.9 Å². The number of allylic oxidation sites excluding steroid dienone is 3. The molecule has 4 aliphatic heterocycles. The minimum atomic E-state index is -2.21. The molecule has 1 aromatic carbocycles. The molecule has 10 atom stereocenters. The van der Waals surface area contributed by atoms with Crippen molar-refractivity contribution in [2.45, 2.75) is 91.4 Å². The average Bonchev–Trinajstić information content (AvgIpc) is 3.62. The van der Waals surface area contributed by atoms with Crippen LogP contribution in [0.3, 0.4) is 0 Å². The van der Waals surface area contributed by atoms with E-state index in [0.717, 1.165) is 12.3 Å². The molecular weight excluding hydrogens is 706 g/mol. The third-order valence-corrected chi connectivity index (χ3v) is 10.6. The number of ether oxygens (including phenoxy) is 6. The summed E-state index contributed by atoms with van der Waals surface area (Å²) in [5.41, 5.74) is -1.23. The molecule has 5 bridgehead atoms. The molecule has 15 nitrogen and oxygen atoms in total. The highest BCUT2D eigenvalue weighted by Gasteiger charge is 2.58. The Morgan fingerprint density at radius 2 is 1.65 bits per heavy atom. The Labute approximate surface area is 312 Å². The number of phenols is 1. The molecule has 1 saturated heterocycles. The highest BCUT2D eigenvalue weighted by molar-refractivity contribution is 6.19. The first-order valence-electron chi connectivity index (χ1n) is 17.6. The third-order valence-electron chi connectivity index (χ3n) is 10.6. The molecule has 1 spiro atoms. The van der Waals surface area contributed by atoms with Crippen molar-refractivity contribution in [1.82, 2.24) is 5.32 Å². The van der Waals surface area contributed by atoms with Gasteiger partial charge in [-0.2, -0.15) is 0 Å². The Morgan fingerprint density at radius 1 is 0.963 bits per heavy atom. The Bertz CT molecular complexity index is 1880. The van der Waals surface area contributed by atoms with E-state index in [9.17, 15) is 39.3 Å². The third kappa shape index (κ3) is 7.08. The highest BCUT2D eigenvalue weighted by Crippen LogP contribution is 2.53. The van der Waals surface area contributed by atoms with Gasteiger partial charge in [-0.1, -0.05) is 45.9 Å². The summed E-state index contributed by atoms with van der Waals surface area (Å²) in [6.45, 7) is 11.7. The molecule has 4 heterocycles. The van der Waals surface area contributed by atoms with Crippen LogP contribution in [0.2, 0.25) is 0 Å². The van der Waals surface area contributed by atoms with E-state index in [2.05, 4.69) is 5.32 Å². The monoisotopic (exact) mass is 753 g/mol. The van der Waals surface area contributed by atoms with Crippen molar-refractivity contribution in [3.05, 3.63) is 70.2 Å². The van der Waals surface area contributed by atoms with Crippen LogP contribution in [0.4, 0.5) is 0 Å². The largest absolute Gasteiger partial charge is 0.507 e. The fourth-order valence-corrected chi connectivity index (χ4v) is 7.37. The molecule has 4 N–H and O–H groups in total. The molecule has 5 aliphatic rings. The van der Waals surface area contributed by atoms with Crippen LogP contribution in [0.5, 0.6) is 11.5 Å². The van der Waals surface area contributed by atoms with Gasteiger partial charge in [0.25, 0.3) is 17.5 Å². The second-order valence-electron chi connectivity index (χ2n) is 14.4. The Morgan fingerprint density at radius 3 is 2.26 bits per heavy atom. The molecule has 1 aromatic rings. The number of hydrogen-bond acceptors (Lipinski definition) is 14. The van der Waals surface area contributed by atoms with Crippen LogP contribution in [0.15, 0.2) is 47.9 Å². The molecule has 292 valence electrons. The van der Waals surface area contributed by atoms with E-state index >= 15 is 0 Å². The minimum Gasteiger partial charge on any atom is -0.507 e. The lowest BCUT2D eigenvalue weighted by Crippen LogP contribution is -2.46. The second kappa shape index (κ2) is 15.1. The Balaban J connectivity index is 1.66. The maximum absolute atomic E-state index is 14.3. The summed E-state index contributed by atoms with van der Waals surface area (Å²) in [4.78, 5) is 66.6. The van der Waals surface area contributed by atoms with Crippen LogP contribution < -0.4 is 10.1 Å². The van der Waals surface area contributed by atoms with E-state index < -0.39 is 107 Å². The van der Waals surface area contributed by atoms with Crippen molar-refractivity contribution in [2.24, 2.45) is 23.7 Å². The molecule has 0 saturated carbocycles. The molecule has 1 amide bonds. The number of esters is 2. The van der Waals surface area contributed by atoms with Crippen molar-refractivity contribution in [3.63, 3.8) is 0 Å². The van der Waals surface area contributed by atoms with E-state index in [-0.39, 0.29) is 33.7 Å². The molecule has 15 heteroatoms. The van der Waals surface area contributed by atoms with E-state index in [1.165, 1.54) is 47.0 Å². The quantitative estimate of drug-likeness (QED) is 0.320. The average molecular weight is 754 g/mol. The first kappa shape index (κ1) is 40.4. The molecule has 54 heavy (non-hydrogen) atoms. The van der Waals surface area contributed by atoms with Crippen molar-refractivity contribution in [2.75, 3.05) is 13.7 Å². The van der Waals surface area contributed by atoms with Gasteiger partial charge in [-0.15, -0.1) is 0 Å². The van der Waals surface area contributed by atoms with Gasteiger partial charge >= 0.3 is 17.7 Å². The summed E-state index contributed by atoms with van der Waals surface area (Å²) < 4.78 is 34.8. The number of aliphatic hydroxyl groups is 2. The van der Waals surface area contributed by atoms with Gasteiger partial charge in [0.05, 0.1) is 47.0 Å². The number of aliphatic hydroxyl groups excluding tert-OH is 2. The zero-order chi connectivity index (χ0) is 40.0. The second-order valence-corrected chi connectivity index (χ2v) is 14.4. The number of rotatable bonds is 2. The number of hydrogen-bond donors (Lipinski definition) is 4. The standard InChI is InChI=1S/C39H47NO14/c1-17-11-10-12-18(2)37(48)40-24-15-39(51-16-26(42)53-39)29-27(33(24)46)32(45)22(6)35-28(29)36(47)38(8,54-35)50-14-13-25(49-9)19(3)34(52-23(7)41)21(5)31(44)20(4)30(17)43/h10-15,17,19-21,25,30-31,34,43-45H,16H2,1-9H3,(H,40,48)/t17-,19+,20-,21-,25-,30-,31+,34-,38+,39-/m0/s1. The van der Waals surface area contributed by atoms with Crippen LogP contribution >= 0.6 is 0 Å². The number of phenolic OH excluding ortho intramolecular Hbond substituents is 1. The molecule has 0 unspecified atom stereocenters. The summed E-state index contributed by atoms with van der Waals surface area (Å²) in [7, 11) is 1.42. The van der Waals surface area contributed by atoms with Crippen LogP contribution in [0.25, 0.3) is 0 Å². The molecular formula is C39H47NO14. The van der Waals surface area contributed by atoms with Crippen molar-refractivity contribution < 1.29 is 67.7 Å². The van der Waals surface area contributed by atoms with E-state index in [1.807, 2.05) is 0 Å². The van der Waals surface area contributed by atoms with Gasteiger partial charge in [0.2, 0.25) is 5.78 Å². The fourth-order valence-electron chi connectivity index (χ4n) is 7.37. The topological polar surface area (TPSA) is 213 Å². The van der Waals surface area contributed by atoms with E-state index in [0.29, 0.717) is 0 Å². The van der Waals surface area contributed by atoms with Crippen molar-refractivity contribution in [1.29, 1.82) is 0 Å². The predicted octanol–water partition coefficient (Wildman–Crippen LogP) is 3.17. The predicted molar refractivity (Wildman–Crippen MR) is 189 cm³/mol.